The van der Waals surface area contributed by atoms with E-state index in [4.69, 9.17) is 23.2 Å². The van der Waals surface area contributed by atoms with Crippen LogP contribution in [-0.4, -0.2) is 42.5 Å². The van der Waals surface area contributed by atoms with E-state index in [0.717, 1.165) is 13.0 Å². The van der Waals surface area contributed by atoms with Gasteiger partial charge in [-0.1, -0.05) is 23.2 Å². The zero-order valence-electron chi connectivity index (χ0n) is 10.7. The SMILES string of the molecule is CC(CCN(C)C)NC(=O)c1cc(Cl)ncc1Cl. The predicted molar refractivity (Wildman–Crippen MR) is 74.4 cm³/mol. The molecule has 0 aromatic carbocycles. The lowest BCUT2D eigenvalue weighted by Crippen LogP contribution is -2.35. The van der Waals surface area contributed by atoms with Gasteiger partial charge >= 0.3 is 0 Å². The highest BCUT2D eigenvalue weighted by molar-refractivity contribution is 6.35. The second kappa shape index (κ2) is 6.92. The second-order valence-corrected chi connectivity index (χ2v) is 5.25. The number of hydrogen-bond acceptors (Lipinski definition) is 3. The zero-order chi connectivity index (χ0) is 13.7. The number of amides is 1. The minimum atomic E-state index is -0.226. The second-order valence-electron chi connectivity index (χ2n) is 4.45. The standard InChI is InChI=1S/C12H17Cl2N3O/c1-8(4-5-17(2)3)16-12(18)9-6-11(14)15-7-10(9)13/h6-8H,4-5H2,1-3H3,(H,16,18). The van der Waals surface area contributed by atoms with Gasteiger partial charge in [-0.25, -0.2) is 4.98 Å². The van der Waals surface area contributed by atoms with E-state index in [2.05, 4.69) is 15.2 Å². The van der Waals surface area contributed by atoms with Crippen LogP contribution in [0.2, 0.25) is 10.2 Å². The molecule has 0 spiro atoms. The molecule has 0 aliphatic heterocycles. The molecule has 0 fully saturated rings. The summed E-state index contributed by atoms with van der Waals surface area (Å²) >= 11 is 11.7. The Labute approximate surface area is 117 Å². The largest absolute Gasteiger partial charge is 0.349 e. The van der Waals surface area contributed by atoms with Gasteiger partial charge in [0.1, 0.15) is 5.15 Å². The average molecular weight is 290 g/mol. The maximum Gasteiger partial charge on any atom is 0.253 e. The van der Waals surface area contributed by atoms with Gasteiger partial charge in [-0.05, 0) is 40.1 Å². The van der Waals surface area contributed by atoms with Crippen molar-refractivity contribution < 1.29 is 4.79 Å². The Kier molecular flexibility index (Phi) is 5.85. The third-order valence-electron chi connectivity index (χ3n) is 2.45. The number of halogens is 2. The van der Waals surface area contributed by atoms with E-state index in [1.165, 1.54) is 12.3 Å². The minimum Gasteiger partial charge on any atom is -0.349 e. The molecule has 0 saturated carbocycles. The van der Waals surface area contributed by atoms with Crippen LogP contribution in [-0.2, 0) is 0 Å². The summed E-state index contributed by atoms with van der Waals surface area (Å²) in [7, 11) is 3.99. The number of pyridine rings is 1. The third-order valence-corrected chi connectivity index (χ3v) is 2.96. The first-order valence-electron chi connectivity index (χ1n) is 5.66. The molecule has 0 saturated heterocycles. The Morgan fingerprint density at radius 1 is 1.50 bits per heavy atom. The van der Waals surface area contributed by atoms with Crippen LogP contribution in [0.4, 0.5) is 0 Å². The van der Waals surface area contributed by atoms with E-state index >= 15 is 0 Å². The molecule has 1 amide bonds. The first kappa shape index (κ1) is 15.2. The van der Waals surface area contributed by atoms with Crippen LogP contribution in [0.15, 0.2) is 12.3 Å². The molecule has 0 radical (unpaired) electrons. The molecule has 0 aliphatic carbocycles. The molecule has 4 nitrogen and oxygen atoms in total. The number of aromatic nitrogens is 1. The summed E-state index contributed by atoms with van der Waals surface area (Å²) in [4.78, 5) is 17.9. The van der Waals surface area contributed by atoms with E-state index in [1.807, 2.05) is 21.0 Å². The first-order chi connectivity index (χ1) is 8.40. The lowest BCUT2D eigenvalue weighted by Gasteiger charge is -2.17. The molecule has 1 atom stereocenters. The topological polar surface area (TPSA) is 45.2 Å². The first-order valence-corrected chi connectivity index (χ1v) is 6.42. The molecular formula is C12H17Cl2N3O. The van der Waals surface area contributed by atoms with Crippen LogP contribution in [0.1, 0.15) is 23.7 Å². The summed E-state index contributed by atoms with van der Waals surface area (Å²) in [6.45, 7) is 2.87. The van der Waals surface area contributed by atoms with Gasteiger partial charge in [0.25, 0.3) is 5.91 Å². The lowest BCUT2D eigenvalue weighted by molar-refractivity contribution is 0.0937. The van der Waals surface area contributed by atoms with Crippen molar-refractivity contribution in [1.29, 1.82) is 0 Å². The quantitative estimate of drug-likeness (QED) is 0.847. The van der Waals surface area contributed by atoms with Gasteiger partial charge in [0.15, 0.2) is 0 Å². The van der Waals surface area contributed by atoms with Gasteiger partial charge in [-0.3, -0.25) is 4.79 Å². The Bertz CT molecular complexity index is 424. The average Bonchev–Trinajstić information content (AvgIpc) is 2.29. The van der Waals surface area contributed by atoms with E-state index < -0.39 is 0 Å². The van der Waals surface area contributed by atoms with Crippen molar-refractivity contribution in [3.8, 4) is 0 Å². The highest BCUT2D eigenvalue weighted by Crippen LogP contribution is 2.18. The molecule has 1 aromatic heterocycles. The van der Waals surface area contributed by atoms with Crippen molar-refractivity contribution in [3.63, 3.8) is 0 Å². The third kappa shape index (κ3) is 4.80. The number of nitrogens with zero attached hydrogens (tertiary/aromatic N) is 2. The highest BCUT2D eigenvalue weighted by atomic mass is 35.5. The summed E-state index contributed by atoms with van der Waals surface area (Å²) in [6.07, 6.45) is 2.25. The molecule has 1 N–H and O–H groups in total. The van der Waals surface area contributed by atoms with E-state index in [-0.39, 0.29) is 17.1 Å². The molecule has 0 aliphatic rings. The summed E-state index contributed by atoms with van der Waals surface area (Å²) in [5, 5.41) is 3.44. The molecular weight excluding hydrogens is 273 g/mol. The number of rotatable bonds is 5. The maximum atomic E-state index is 12.0. The predicted octanol–water partition coefficient (Wildman–Crippen LogP) is 2.46. The fourth-order valence-electron chi connectivity index (χ4n) is 1.41. The molecule has 6 heteroatoms. The summed E-state index contributed by atoms with van der Waals surface area (Å²) < 4.78 is 0. The molecule has 1 heterocycles. The van der Waals surface area contributed by atoms with Crippen LogP contribution in [0, 0.1) is 0 Å². The molecule has 0 bridgehead atoms. The van der Waals surface area contributed by atoms with Gasteiger partial charge in [0.05, 0.1) is 10.6 Å². The Balaban J connectivity index is 2.62. The fourth-order valence-corrected chi connectivity index (χ4v) is 1.76. The van der Waals surface area contributed by atoms with Gasteiger partial charge < -0.3 is 10.2 Å². The number of nitrogens with one attached hydrogen (secondary N) is 1. The summed E-state index contributed by atoms with van der Waals surface area (Å²) in [6, 6.07) is 1.54. The summed E-state index contributed by atoms with van der Waals surface area (Å²) in [5.74, 6) is -0.226. The van der Waals surface area contributed by atoms with Crippen molar-refractivity contribution in [2.24, 2.45) is 0 Å². The molecule has 18 heavy (non-hydrogen) atoms. The summed E-state index contributed by atoms with van der Waals surface area (Å²) in [5.41, 5.74) is 0.355. The maximum absolute atomic E-state index is 12.0. The fraction of sp³-hybridized carbons (Fsp3) is 0.500. The number of carbonyl (C=O) groups is 1. The van der Waals surface area contributed by atoms with E-state index in [0.29, 0.717) is 10.6 Å². The molecule has 1 rings (SSSR count). The number of hydrogen-bond donors (Lipinski definition) is 1. The van der Waals surface area contributed by atoms with Crippen molar-refractivity contribution in [3.05, 3.63) is 28.0 Å². The minimum absolute atomic E-state index is 0.0721. The molecule has 100 valence electrons. The van der Waals surface area contributed by atoms with Crippen LogP contribution in [0.3, 0.4) is 0 Å². The Morgan fingerprint density at radius 3 is 2.78 bits per heavy atom. The monoisotopic (exact) mass is 289 g/mol. The lowest BCUT2D eigenvalue weighted by atomic mass is 10.2. The Morgan fingerprint density at radius 2 is 2.17 bits per heavy atom. The van der Waals surface area contributed by atoms with Crippen LogP contribution >= 0.6 is 23.2 Å². The van der Waals surface area contributed by atoms with E-state index in [1.54, 1.807) is 0 Å². The Hall–Kier alpha value is -0.840. The smallest absolute Gasteiger partial charge is 0.253 e. The van der Waals surface area contributed by atoms with Gasteiger partial charge in [0, 0.05) is 12.2 Å². The molecule has 1 aromatic rings. The zero-order valence-corrected chi connectivity index (χ0v) is 12.2. The normalized spacial score (nSPS) is 12.6. The molecule has 1 unspecified atom stereocenters. The van der Waals surface area contributed by atoms with Crippen molar-refractivity contribution in [2.75, 3.05) is 20.6 Å². The van der Waals surface area contributed by atoms with Crippen molar-refractivity contribution >= 4 is 29.1 Å². The van der Waals surface area contributed by atoms with Crippen LogP contribution in [0.25, 0.3) is 0 Å². The van der Waals surface area contributed by atoms with Gasteiger partial charge in [0.2, 0.25) is 0 Å². The van der Waals surface area contributed by atoms with Crippen molar-refractivity contribution in [2.45, 2.75) is 19.4 Å². The van der Waals surface area contributed by atoms with Gasteiger partial charge in [-0.15, -0.1) is 0 Å². The van der Waals surface area contributed by atoms with Crippen LogP contribution in [0.5, 0.6) is 0 Å². The van der Waals surface area contributed by atoms with Crippen molar-refractivity contribution in [1.82, 2.24) is 15.2 Å². The van der Waals surface area contributed by atoms with Gasteiger partial charge in [-0.2, -0.15) is 0 Å². The van der Waals surface area contributed by atoms with E-state index in [9.17, 15) is 4.79 Å². The number of carbonyl (C=O) groups excluding carboxylic acids is 1. The van der Waals surface area contributed by atoms with Crippen LogP contribution < -0.4 is 5.32 Å². The highest BCUT2D eigenvalue weighted by Gasteiger charge is 2.14.